The summed E-state index contributed by atoms with van der Waals surface area (Å²) in [5, 5.41) is 12.3. The standard InChI is InChI=1S/C17H29N5O2/c1-21(2)17(7-5-4-6-8-17)13-18-9-14-10-19-16(20-11-14)22(3)12-15(23)24/h10-11,18H,4-9,12-13H2,1-3H3,(H,23,24). The molecule has 0 radical (unpaired) electrons. The summed E-state index contributed by atoms with van der Waals surface area (Å²) < 4.78 is 0. The lowest BCUT2D eigenvalue weighted by atomic mass is 9.80. The Morgan fingerprint density at radius 1 is 1.21 bits per heavy atom. The number of hydrogen-bond acceptors (Lipinski definition) is 6. The molecule has 0 spiro atoms. The molecule has 1 heterocycles. The molecule has 2 rings (SSSR count). The third-order valence-electron chi connectivity index (χ3n) is 4.92. The maximum Gasteiger partial charge on any atom is 0.323 e. The molecule has 134 valence electrons. The Kier molecular flexibility index (Phi) is 6.51. The summed E-state index contributed by atoms with van der Waals surface area (Å²) in [6.45, 7) is 1.57. The summed E-state index contributed by atoms with van der Waals surface area (Å²) in [5.41, 5.74) is 1.26. The Labute approximate surface area is 144 Å². The van der Waals surface area contributed by atoms with Gasteiger partial charge in [-0.15, -0.1) is 0 Å². The maximum absolute atomic E-state index is 10.7. The highest BCUT2D eigenvalue weighted by Crippen LogP contribution is 2.31. The van der Waals surface area contributed by atoms with Crippen LogP contribution in [0.2, 0.25) is 0 Å². The van der Waals surface area contributed by atoms with E-state index in [-0.39, 0.29) is 12.1 Å². The minimum absolute atomic E-state index is 0.108. The van der Waals surface area contributed by atoms with Crippen LogP contribution in [0, 0.1) is 0 Å². The Bertz CT molecular complexity index is 526. The number of rotatable bonds is 8. The van der Waals surface area contributed by atoms with Gasteiger partial charge in [-0.1, -0.05) is 19.3 Å². The molecule has 1 aliphatic rings. The van der Waals surface area contributed by atoms with E-state index in [1.54, 1.807) is 19.4 Å². The number of nitrogens with zero attached hydrogens (tertiary/aromatic N) is 4. The Morgan fingerprint density at radius 3 is 2.38 bits per heavy atom. The lowest BCUT2D eigenvalue weighted by Crippen LogP contribution is -2.52. The molecule has 1 aromatic rings. The van der Waals surface area contributed by atoms with Crippen LogP contribution in [0.5, 0.6) is 0 Å². The molecule has 7 heteroatoms. The molecular formula is C17H29N5O2. The fourth-order valence-electron chi connectivity index (χ4n) is 3.34. The van der Waals surface area contributed by atoms with Gasteiger partial charge in [0.05, 0.1) is 0 Å². The van der Waals surface area contributed by atoms with Crippen LogP contribution in [0.15, 0.2) is 12.4 Å². The summed E-state index contributed by atoms with van der Waals surface area (Å²) in [7, 11) is 6.01. The number of carboxylic acids is 1. The van der Waals surface area contributed by atoms with Crippen molar-refractivity contribution in [3.8, 4) is 0 Å². The van der Waals surface area contributed by atoms with Gasteiger partial charge in [-0.25, -0.2) is 9.97 Å². The van der Waals surface area contributed by atoms with E-state index in [1.165, 1.54) is 37.0 Å². The van der Waals surface area contributed by atoms with Gasteiger partial charge in [0.2, 0.25) is 5.95 Å². The topological polar surface area (TPSA) is 81.6 Å². The lowest BCUT2D eigenvalue weighted by molar-refractivity contribution is -0.135. The first-order valence-electron chi connectivity index (χ1n) is 8.55. The second-order valence-corrected chi connectivity index (χ2v) is 6.92. The molecule has 2 N–H and O–H groups in total. The number of aliphatic carboxylic acids is 1. The molecule has 7 nitrogen and oxygen atoms in total. The van der Waals surface area contributed by atoms with Crippen molar-refractivity contribution in [1.29, 1.82) is 0 Å². The first-order valence-corrected chi connectivity index (χ1v) is 8.55. The van der Waals surface area contributed by atoms with Crippen LogP contribution in [0.3, 0.4) is 0 Å². The number of carboxylic acid groups (broad SMARTS) is 1. The molecule has 0 amide bonds. The van der Waals surface area contributed by atoms with E-state index in [0.717, 1.165) is 18.7 Å². The fraction of sp³-hybridized carbons (Fsp3) is 0.706. The Morgan fingerprint density at radius 2 is 1.83 bits per heavy atom. The van der Waals surface area contributed by atoms with Crippen LogP contribution >= 0.6 is 0 Å². The van der Waals surface area contributed by atoms with E-state index in [1.807, 2.05) is 0 Å². The van der Waals surface area contributed by atoms with Crippen molar-refractivity contribution in [3.63, 3.8) is 0 Å². The van der Waals surface area contributed by atoms with Crippen molar-refractivity contribution < 1.29 is 9.90 Å². The third kappa shape index (κ3) is 4.88. The zero-order valence-corrected chi connectivity index (χ0v) is 15.0. The van der Waals surface area contributed by atoms with Crippen molar-refractivity contribution in [3.05, 3.63) is 18.0 Å². The molecule has 0 aromatic carbocycles. The number of hydrogen-bond donors (Lipinski definition) is 2. The quantitative estimate of drug-likeness (QED) is 0.742. The molecule has 1 fully saturated rings. The monoisotopic (exact) mass is 335 g/mol. The van der Waals surface area contributed by atoms with Crippen LogP contribution in [0.4, 0.5) is 5.95 Å². The van der Waals surface area contributed by atoms with E-state index in [0.29, 0.717) is 5.95 Å². The van der Waals surface area contributed by atoms with Gasteiger partial charge in [0.15, 0.2) is 0 Å². The molecule has 1 saturated carbocycles. The second kappa shape index (κ2) is 8.39. The van der Waals surface area contributed by atoms with Gasteiger partial charge in [0.25, 0.3) is 0 Å². The van der Waals surface area contributed by atoms with E-state index in [2.05, 4.69) is 34.3 Å². The minimum atomic E-state index is -0.895. The van der Waals surface area contributed by atoms with Crippen LogP contribution in [0.25, 0.3) is 0 Å². The number of anilines is 1. The van der Waals surface area contributed by atoms with Crippen LogP contribution in [-0.4, -0.2) is 65.7 Å². The highest BCUT2D eigenvalue weighted by Gasteiger charge is 2.33. The fourth-order valence-corrected chi connectivity index (χ4v) is 3.34. The van der Waals surface area contributed by atoms with Crippen molar-refractivity contribution in [1.82, 2.24) is 20.2 Å². The molecule has 0 aliphatic heterocycles. The van der Waals surface area contributed by atoms with Gasteiger partial charge >= 0.3 is 5.97 Å². The Hall–Kier alpha value is -1.73. The Balaban J connectivity index is 1.86. The summed E-state index contributed by atoms with van der Waals surface area (Å²) in [4.78, 5) is 23.1. The molecule has 0 atom stereocenters. The molecule has 1 aromatic heterocycles. The number of carbonyl (C=O) groups is 1. The molecular weight excluding hydrogens is 306 g/mol. The molecule has 0 bridgehead atoms. The minimum Gasteiger partial charge on any atom is -0.480 e. The maximum atomic E-state index is 10.7. The van der Waals surface area contributed by atoms with Gasteiger partial charge in [-0.2, -0.15) is 0 Å². The number of likely N-dealkylation sites (N-methyl/N-ethyl adjacent to an activating group) is 2. The second-order valence-electron chi connectivity index (χ2n) is 6.92. The van der Waals surface area contributed by atoms with E-state index in [4.69, 9.17) is 5.11 Å². The van der Waals surface area contributed by atoms with Gasteiger partial charge in [0.1, 0.15) is 6.54 Å². The van der Waals surface area contributed by atoms with Crippen LogP contribution < -0.4 is 10.2 Å². The van der Waals surface area contributed by atoms with Gasteiger partial charge in [-0.3, -0.25) is 4.79 Å². The van der Waals surface area contributed by atoms with Crippen molar-refractivity contribution in [2.24, 2.45) is 0 Å². The summed E-state index contributed by atoms with van der Waals surface area (Å²) in [6, 6.07) is 0. The molecule has 24 heavy (non-hydrogen) atoms. The smallest absolute Gasteiger partial charge is 0.323 e. The number of aromatic nitrogens is 2. The average molecular weight is 335 g/mol. The molecule has 0 unspecified atom stereocenters. The van der Waals surface area contributed by atoms with E-state index < -0.39 is 5.97 Å². The van der Waals surface area contributed by atoms with Crippen molar-refractivity contribution >= 4 is 11.9 Å². The molecule has 0 saturated heterocycles. The van der Waals surface area contributed by atoms with Gasteiger partial charge < -0.3 is 20.2 Å². The predicted molar refractivity (Wildman–Crippen MR) is 94.1 cm³/mol. The largest absolute Gasteiger partial charge is 0.480 e. The first kappa shape index (κ1) is 18.6. The van der Waals surface area contributed by atoms with Gasteiger partial charge in [0, 0.05) is 43.6 Å². The lowest BCUT2D eigenvalue weighted by Gasteiger charge is -2.43. The normalized spacial score (nSPS) is 17.0. The van der Waals surface area contributed by atoms with Crippen molar-refractivity contribution in [2.75, 3.05) is 39.1 Å². The zero-order valence-electron chi connectivity index (χ0n) is 15.0. The van der Waals surface area contributed by atoms with Gasteiger partial charge in [-0.05, 0) is 26.9 Å². The summed E-state index contributed by atoms with van der Waals surface area (Å²) >= 11 is 0. The third-order valence-corrected chi connectivity index (χ3v) is 4.92. The first-order chi connectivity index (χ1) is 11.4. The van der Waals surface area contributed by atoms with Crippen LogP contribution in [-0.2, 0) is 11.3 Å². The van der Waals surface area contributed by atoms with E-state index >= 15 is 0 Å². The van der Waals surface area contributed by atoms with E-state index in [9.17, 15) is 4.79 Å². The summed E-state index contributed by atoms with van der Waals surface area (Å²) in [5.74, 6) is -0.466. The van der Waals surface area contributed by atoms with Crippen LogP contribution in [0.1, 0.15) is 37.7 Å². The zero-order chi connectivity index (χ0) is 17.6. The number of nitrogens with one attached hydrogen (secondary N) is 1. The van der Waals surface area contributed by atoms with Crippen molar-refractivity contribution in [2.45, 2.75) is 44.2 Å². The SMILES string of the molecule is CN(CC(=O)O)c1ncc(CNCC2(N(C)C)CCCCC2)cn1. The highest BCUT2D eigenvalue weighted by molar-refractivity contribution is 5.72. The summed E-state index contributed by atoms with van der Waals surface area (Å²) in [6.07, 6.45) is 9.94. The molecule has 1 aliphatic carbocycles. The highest BCUT2D eigenvalue weighted by atomic mass is 16.4. The average Bonchev–Trinajstić information content (AvgIpc) is 2.55. The predicted octanol–water partition coefficient (Wildman–Crippen LogP) is 1.35.